The maximum absolute atomic E-state index is 11.7. The molecule has 5 heteroatoms. The number of carbonyl (C=O) groups is 1. The van der Waals surface area contributed by atoms with Crippen LogP contribution in [-0.4, -0.2) is 52.7 Å². The van der Waals surface area contributed by atoms with E-state index in [0.717, 1.165) is 12.8 Å². The molecule has 32 heavy (non-hydrogen) atoms. The molecule has 0 amide bonds. The number of hydrogen-bond acceptors (Lipinski definition) is 5. The smallest absolute Gasteiger partial charge is 0.305 e. The lowest BCUT2D eigenvalue weighted by molar-refractivity contribution is -0.145. The highest BCUT2D eigenvalue weighted by Gasteiger charge is 2.02. The van der Waals surface area contributed by atoms with Crippen LogP contribution in [0.4, 0.5) is 0 Å². The van der Waals surface area contributed by atoms with E-state index in [1.807, 2.05) is 0 Å². The van der Waals surface area contributed by atoms with Crippen LogP contribution in [0.2, 0.25) is 0 Å². The topological polar surface area (TPSA) is 54.0 Å². The molecule has 192 valence electrons. The summed E-state index contributed by atoms with van der Waals surface area (Å²) in [4.78, 5) is 11.7. The fourth-order valence-electron chi connectivity index (χ4n) is 3.75. The molecule has 5 nitrogen and oxygen atoms in total. The van der Waals surface area contributed by atoms with Crippen LogP contribution in [0.3, 0.4) is 0 Å². The molecule has 0 aliphatic rings. The summed E-state index contributed by atoms with van der Waals surface area (Å²) in [5, 5.41) is 0. The van der Waals surface area contributed by atoms with Gasteiger partial charge in [0.05, 0.1) is 33.0 Å². The van der Waals surface area contributed by atoms with Gasteiger partial charge in [-0.25, -0.2) is 0 Å². The van der Waals surface area contributed by atoms with Crippen molar-refractivity contribution >= 4 is 5.97 Å². The molecule has 0 saturated carbocycles. The van der Waals surface area contributed by atoms with E-state index < -0.39 is 0 Å². The van der Waals surface area contributed by atoms with Crippen molar-refractivity contribution < 1.29 is 23.7 Å². The molecule has 0 bridgehead atoms. The number of carbonyl (C=O) groups excluding carboxylic acids is 1. The van der Waals surface area contributed by atoms with E-state index in [1.54, 1.807) is 7.11 Å². The summed E-state index contributed by atoms with van der Waals surface area (Å²) in [5.41, 5.74) is 0. The molecule has 0 N–H and O–H groups in total. The van der Waals surface area contributed by atoms with Crippen LogP contribution < -0.4 is 0 Å². The van der Waals surface area contributed by atoms with E-state index in [9.17, 15) is 4.79 Å². The normalized spacial score (nSPS) is 11.2. The lowest BCUT2D eigenvalue weighted by atomic mass is 10.0. The van der Waals surface area contributed by atoms with Crippen molar-refractivity contribution in [2.24, 2.45) is 0 Å². The number of hydrogen-bond donors (Lipinski definition) is 0. The first-order valence-electron chi connectivity index (χ1n) is 13.6. The van der Waals surface area contributed by atoms with Gasteiger partial charge < -0.3 is 18.9 Å². The number of ether oxygens (including phenoxy) is 4. The van der Waals surface area contributed by atoms with Gasteiger partial charge in [-0.15, -0.1) is 0 Å². The molecule has 0 unspecified atom stereocenters. The Balaban J connectivity index is 3.12. The molecule has 0 spiro atoms. The summed E-state index contributed by atoms with van der Waals surface area (Å²) in [5.74, 6) is -0.106. The van der Waals surface area contributed by atoms with Crippen molar-refractivity contribution in [1.29, 1.82) is 0 Å². The highest BCUT2D eigenvalue weighted by atomic mass is 16.6. The summed E-state index contributed by atoms with van der Waals surface area (Å²) in [6.45, 7) is 5.26. The molecule has 0 rings (SSSR count). The minimum atomic E-state index is -0.106. The fourth-order valence-corrected chi connectivity index (χ4v) is 3.75. The molecule has 0 aromatic heterocycles. The second-order valence-electron chi connectivity index (χ2n) is 8.84. The summed E-state index contributed by atoms with van der Waals surface area (Å²) in [7, 11) is 1.65. The van der Waals surface area contributed by atoms with Crippen LogP contribution in [0.15, 0.2) is 0 Å². The Bertz CT molecular complexity index is 362. The van der Waals surface area contributed by atoms with Gasteiger partial charge in [0.25, 0.3) is 0 Å². The standard InChI is InChI=1S/C27H54O5/c1-3-4-5-6-7-8-9-10-11-12-13-14-15-16-17-18-19-20-27(28)32-26-25-31-24-23-30-22-21-29-2/h3-26H2,1-2H3. The third-order valence-corrected chi connectivity index (χ3v) is 5.78. The van der Waals surface area contributed by atoms with Crippen molar-refractivity contribution in [2.75, 3.05) is 46.8 Å². The molecule has 0 aromatic rings. The van der Waals surface area contributed by atoms with Crippen LogP contribution in [0.25, 0.3) is 0 Å². The number of unbranched alkanes of at least 4 members (excludes halogenated alkanes) is 16. The monoisotopic (exact) mass is 458 g/mol. The van der Waals surface area contributed by atoms with Gasteiger partial charge in [0.2, 0.25) is 0 Å². The third-order valence-electron chi connectivity index (χ3n) is 5.78. The van der Waals surface area contributed by atoms with Crippen molar-refractivity contribution in [3.8, 4) is 0 Å². The van der Waals surface area contributed by atoms with Gasteiger partial charge in [-0.2, -0.15) is 0 Å². The van der Waals surface area contributed by atoms with Crippen molar-refractivity contribution in [1.82, 2.24) is 0 Å². The summed E-state index contributed by atoms with van der Waals surface area (Å²) >= 11 is 0. The molecule has 0 saturated heterocycles. The maximum atomic E-state index is 11.7. The second kappa shape index (κ2) is 28.4. The van der Waals surface area contributed by atoms with Crippen LogP contribution in [-0.2, 0) is 23.7 Å². The van der Waals surface area contributed by atoms with Gasteiger partial charge in [0.1, 0.15) is 6.61 Å². The first-order chi connectivity index (χ1) is 15.8. The van der Waals surface area contributed by atoms with Gasteiger partial charge in [-0.05, 0) is 6.42 Å². The summed E-state index contributed by atoms with van der Waals surface area (Å²) < 4.78 is 20.7. The first kappa shape index (κ1) is 31.4. The average molecular weight is 459 g/mol. The van der Waals surface area contributed by atoms with Crippen LogP contribution in [0, 0.1) is 0 Å². The molecular formula is C27H54O5. The minimum absolute atomic E-state index is 0.106. The SMILES string of the molecule is CCCCCCCCCCCCCCCCCCCC(=O)OCCOCCOCCOC. The number of esters is 1. The highest BCUT2D eigenvalue weighted by Crippen LogP contribution is 2.14. The van der Waals surface area contributed by atoms with Crippen LogP contribution >= 0.6 is 0 Å². The molecule has 0 aromatic carbocycles. The van der Waals surface area contributed by atoms with E-state index in [2.05, 4.69) is 6.92 Å². The quantitative estimate of drug-likeness (QED) is 0.0958. The first-order valence-corrected chi connectivity index (χ1v) is 13.6. The molecule has 0 aliphatic heterocycles. The van der Waals surface area contributed by atoms with Crippen LogP contribution in [0.5, 0.6) is 0 Å². The van der Waals surface area contributed by atoms with Gasteiger partial charge in [0, 0.05) is 13.5 Å². The lowest BCUT2D eigenvalue weighted by Crippen LogP contribution is -2.13. The van der Waals surface area contributed by atoms with E-state index in [-0.39, 0.29) is 5.97 Å². The Morgan fingerprint density at radius 3 is 1.31 bits per heavy atom. The number of rotatable bonds is 27. The predicted octanol–water partition coefficient (Wildman–Crippen LogP) is 7.25. The van der Waals surface area contributed by atoms with E-state index in [1.165, 1.54) is 96.3 Å². The zero-order chi connectivity index (χ0) is 23.4. The highest BCUT2D eigenvalue weighted by molar-refractivity contribution is 5.69. The Morgan fingerprint density at radius 1 is 0.500 bits per heavy atom. The Hall–Kier alpha value is -0.650. The van der Waals surface area contributed by atoms with Crippen molar-refractivity contribution in [3.05, 3.63) is 0 Å². The molecule has 0 atom stereocenters. The van der Waals surface area contributed by atoms with Crippen molar-refractivity contribution in [2.45, 2.75) is 122 Å². The van der Waals surface area contributed by atoms with Gasteiger partial charge in [0.15, 0.2) is 0 Å². The van der Waals surface area contributed by atoms with Gasteiger partial charge in [-0.1, -0.05) is 110 Å². The zero-order valence-corrected chi connectivity index (χ0v) is 21.5. The van der Waals surface area contributed by atoms with E-state index >= 15 is 0 Å². The zero-order valence-electron chi connectivity index (χ0n) is 21.5. The predicted molar refractivity (Wildman–Crippen MR) is 133 cm³/mol. The molecular weight excluding hydrogens is 404 g/mol. The lowest BCUT2D eigenvalue weighted by Gasteiger charge is -2.07. The van der Waals surface area contributed by atoms with Gasteiger partial charge >= 0.3 is 5.97 Å². The minimum Gasteiger partial charge on any atom is -0.463 e. The Morgan fingerprint density at radius 2 is 0.875 bits per heavy atom. The molecule has 0 radical (unpaired) electrons. The molecule has 0 aliphatic carbocycles. The van der Waals surface area contributed by atoms with Crippen molar-refractivity contribution in [3.63, 3.8) is 0 Å². The average Bonchev–Trinajstić information content (AvgIpc) is 2.80. The summed E-state index contributed by atoms with van der Waals surface area (Å²) in [6, 6.07) is 0. The van der Waals surface area contributed by atoms with E-state index in [4.69, 9.17) is 18.9 Å². The fraction of sp³-hybridized carbons (Fsp3) is 0.963. The molecule has 0 heterocycles. The third kappa shape index (κ3) is 27.4. The Kier molecular flexibility index (Phi) is 27.8. The molecule has 0 fully saturated rings. The Labute approximate surface area is 199 Å². The van der Waals surface area contributed by atoms with E-state index in [0.29, 0.717) is 46.1 Å². The number of methoxy groups -OCH3 is 1. The van der Waals surface area contributed by atoms with Gasteiger partial charge in [-0.3, -0.25) is 4.79 Å². The summed E-state index contributed by atoms with van der Waals surface area (Å²) in [6.07, 6.45) is 23.4. The maximum Gasteiger partial charge on any atom is 0.305 e. The largest absolute Gasteiger partial charge is 0.463 e. The van der Waals surface area contributed by atoms with Crippen LogP contribution in [0.1, 0.15) is 122 Å². The second-order valence-corrected chi connectivity index (χ2v) is 8.84.